The second kappa shape index (κ2) is 7.82. The van der Waals surface area contributed by atoms with Crippen LogP contribution in [-0.4, -0.2) is 64.5 Å². The van der Waals surface area contributed by atoms with Crippen LogP contribution in [0.2, 0.25) is 0 Å². The van der Waals surface area contributed by atoms with Crippen LogP contribution in [0.3, 0.4) is 0 Å². The number of carbonyl (C=O) groups is 2. The summed E-state index contributed by atoms with van der Waals surface area (Å²) in [5.41, 5.74) is 2.24. The highest BCUT2D eigenvalue weighted by molar-refractivity contribution is 9.10. The van der Waals surface area contributed by atoms with Gasteiger partial charge in [0.05, 0.1) is 6.54 Å². The maximum atomic E-state index is 12.5. The Hall–Kier alpha value is -1.84. The van der Waals surface area contributed by atoms with E-state index in [-0.39, 0.29) is 11.8 Å². The molecule has 2 amide bonds. The van der Waals surface area contributed by atoms with E-state index < -0.39 is 0 Å². The average Bonchev–Trinajstić information content (AvgIpc) is 3.07. The first-order chi connectivity index (χ1) is 11.6. The van der Waals surface area contributed by atoms with E-state index in [4.69, 9.17) is 0 Å². The first-order valence-electron chi connectivity index (χ1n) is 7.45. The zero-order valence-electron chi connectivity index (χ0n) is 12.8. The molecule has 9 heteroatoms. The quantitative estimate of drug-likeness (QED) is 0.830. The van der Waals surface area contributed by atoms with Crippen LogP contribution in [-0.2, 0) is 4.79 Å². The summed E-state index contributed by atoms with van der Waals surface area (Å²) in [7, 11) is 0. The van der Waals surface area contributed by atoms with Gasteiger partial charge in [-0.15, -0.1) is 10.2 Å². The fourth-order valence-corrected chi connectivity index (χ4v) is 3.36. The van der Waals surface area contributed by atoms with Gasteiger partial charge < -0.3 is 4.90 Å². The van der Waals surface area contributed by atoms with Crippen molar-refractivity contribution >= 4 is 44.2 Å². The van der Waals surface area contributed by atoms with Gasteiger partial charge in [0, 0.05) is 36.2 Å². The molecule has 0 aliphatic carbocycles. The number of hydrogen-bond donors (Lipinski definition) is 1. The van der Waals surface area contributed by atoms with Gasteiger partial charge >= 0.3 is 0 Å². The van der Waals surface area contributed by atoms with Gasteiger partial charge in [-0.3, -0.25) is 19.8 Å². The van der Waals surface area contributed by atoms with E-state index in [1.54, 1.807) is 5.51 Å². The number of rotatable bonds is 4. The summed E-state index contributed by atoms with van der Waals surface area (Å²) >= 11 is 4.67. The van der Waals surface area contributed by atoms with Crippen LogP contribution in [0.5, 0.6) is 0 Å². The van der Waals surface area contributed by atoms with Crippen LogP contribution < -0.4 is 5.32 Å². The second-order valence-corrected chi connectivity index (χ2v) is 7.12. The van der Waals surface area contributed by atoms with Crippen LogP contribution in [0.1, 0.15) is 10.4 Å². The van der Waals surface area contributed by atoms with Crippen LogP contribution >= 0.6 is 27.3 Å². The number of halogens is 1. The standard InChI is InChI=1S/C15H16BrN5O2S/c16-12-3-1-2-11(8-12)14(23)21-6-4-20(5-7-21)9-13(22)18-15-19-17-10-24-15/h1-3,8,10H,4-7,9H2,(H,18,19,22). The second-order valence-electron chi connectivity index (χ2n) is 5.37. The van der Waals surface area contributed by atoms with Crippen molar-refractivity contribution in [1.82, 2.24) is 20.0 Å². The third-order valence-corrected chi connectivity index (χ3v) is 4.80. The molecule has 0 atom stereocenters. The number of benzene rings is 1. The van der Waals surface area contributed by atoms with E-state index in [0.29, 0.717) is 43.4 Å². The molecule has 3 rings (SSSR count). The van der Waals surface area contributed by atoms with Crippen LogP contribution in [0.25, 0.3) is 0 Å². The van der Waals surface area contributed by atoms with E-state index in [1.807, 2.05) is 34.1 Å². The molecule has 2 aromatic rings. The van der Waals surface area contributed by atoms with Crippen LogP contribution in [0, 0.1) is 0 Å². The molecule has 1 N–H and O–H groups in total. The Morgan fingerprint density at radius 3 is 2.71 bits per heavy atom. The first-order valence-corrected chi connectivity index (χ1v) is 9.12. The van der Waals surface area contributed by atoms with E-state index in [0.717, 1.165) is 4.47 Å². The fourth-order valence-electron chi connectivity index (χ4n) is 2.50. The van der Waals surface area contributed by atoms with E-state index in [2.05, 4.69) is 31.4 Å². The SMILES string of the molecule is O=C(CN1CCN(C(=O)c2cccc(Br)c2)CC1)Nc1nncs1. The lowest BCUT2D eigenvalue weighted by Gasteiger charge is -2.34. The molecule has 0 radical (unpaired) electrons. The number of aromatic nitrogens is 2. The molecule has 0 unspecified atom stereocenters. The van der Waals surface area contributed by atoms with Crippen molar-refractivity contribution in [2.75, 3.05) is 38.0 Å². The molecule has 1 aromatic heterocycles. The minimum Gasteiger partial charge on any atom is -0.336 e. The highest BCUT2D eigenvalue weighted by atomic mass is 79.9. The van der Waals surface area contributed by atoms with Crippen LogP contribution in [0.15, 0.2) is 34.2 Å². The predicted molar refractivity (Wildman–Crippen MR) is 95.0 cm³/mol. The summed E-state index contributed by atoms with van der Waals surface area (Å²) in [4.78, 5) is 28.3. The van der Waals surface area contributed by atoms with Gasteiger partial charge in [0.2, 0.25) is 11.0 Å². The molecular formula is C15H16BrN5O2S. The number of hydrogen-bond acceptors (Lipinski definition) is 6. The Labute approximate surface area is 151 Å². The zero-order chi connectivity index (χ0) is 16.9. The Balaban J connectivity index is 1.48. The summed E-state index contributed by atoms with van der Waals surface area (Å²) in [5.74, 6) is -0.0900. The maximum Gasteiger partial charge on any atom is 0.253 e. The summed E-state index contributed by atoms with van der Waals surface area (Å²) in [5, 5.41) is 10.7. The van der Waals surface area contributed by atoms with Crippen LogP contribution in [0.4, 0.5) is 5.13 Å². The normalized spacial score (nSPS) is 15.3. The third kappa shape index (κ3) is 4.37. The minimum atomic E-state index is -0.112. The van der Waals surface area contributed by atoms with Crippen molar-refractivity contribution in [2.24, 2.45) is 0 Å². The van der Waals surface area contributed by atoms with E-state index in [9.17, 15) is 9.59 Å². The molecule has 1 aromatic carbocycles. The van der Waals surface area contributed by atoms with E-state index >= 15 is 0 Å². The van der Waals surface area contributed by atoms with Gasteiger partial charge in [-0.1, -0.05) is 33.3 Å². The fraction of sp³-hybridized carbons (Fsp3) is 0.333. The molecular weight excluding hydrogens is 394 g/mol. The van der Waals surface area contributed by atoms with Crippen molar-refractivity contribution in [1.29, 1.82) is 0 Å². The number of piperazine rings is 1. The van der Waals surface area contributed by atoms with Crippen molar-refractivity contribution < 1.29 is 9.59 Å². The van der Waals surface area contributed by atoms with Gasteiger partial charge in [0.15, 0.2) is 0 Å². The number of amides is 2. The van der Waals surface area contributed by atoms with Crippen molar-refractivity contribution in [3.05, 3.63) is 39.8 Å². The molecule has 1 aliphatic heterocycles. The largest absolute Gasteiger partial charge is 0.336 e. The molecule has 126 valence electrons. The maximum absolute atomic E-state index is 12.5. The lowest BCUT2D eigenvalue weighted by atomic mass is 10.2. The lowest BCUT2D eigenvalue weighted by molar-refractivity contribution is -0.117. The van der Waals surface area contributed by atoms with Gasteiger partial charge in [-0.25, -0.2) is 0 Å². The molecule has 1 aliphatic rings. The highest BCUT2D eigenvalue weighted by Crippen LogP contribution is 2.15. The summed E-state index contributed by atoms with van der Waals surface area (Å²) in [6.07, 6.45) is 0. The van der Waals surface area contributed by atoms with Crippen molar-refractivity contribution in [2.45, 2.75) is 0 Å². The topological polar surface area (TPSA) is 78.4 Å². The van der Waals surface area contributed by atoms with Gasteiger partial charge in [-0.2, -0.15) is 0 Å². The Morgan fingerprint density at radius 1 is 1.25 bits per heavy atom. The molecule has 1 fully saturated rings. The van der Waals surface area contributed by atoms with Gasteiger partial charge in [-0.05, 0) is 18.2 Å². The Bertz CT molecular complexity index is 716. The Kier molecular flexibility index (Phi) is 5.54. The molecule has 7 nitrogen and oxygen atoms in total. The molecule has 24 heavy (non-hydrogen) atoms. The van der Waals surface area contributed by atoms with E-state index in [1.165, 1.54) is 11.3 Å². The number of carbonyl (C=O) groups excluding carboxylic acids is 2. The zero-order valence-corrected chi connectivity index (χ0v) is 15.2. The molecule has 0 saturated carbocycles. The predicted octanol–water partition coefficient (Wildman–Crippen LogP) is 1.70. The number of nitrogens with one attached hydrogen (secondary N) is 1. The third-order valence-electron chi connectivity index (χ3n) is 3.70. The average molecular weight is 410 g/mol. The molecule has 1 saturated heterocycles. The van der Waals surface area contributed by atoms with Gasteiger partial charge in [0.25, 0.3) is 5.91 Å². The smallest absolute Gasteiger partial charge is 0.253 e. The Morgan fingerprint density at radius 2 is 2.04 bits per heavy atom. The summed E-state index contributed by atoms with van der Waals surface area (Å²) < 4.78 is 0.889. The summed E-state index contributed by atoms with van der Waals surface area (Å²) in [6, 6.07) is 7.38. The number of anilines is 1. The minimum absolute atomic E-state index is 0.0225. The molecule has 2 heterocycles. The van der Waals surface area contributed by atoms with Crippen molar-refractivity contribution in [3.63, 3.8) is 0 Å². The highest BCUT2D eigenvalue weighted by Gasteiger charge is 2.23. The number of nitrogens with zero attached hydrogens (tertiary/aromatic N) is 4. The first kappa shape index (κ1) is 17.0. The van der Waals surface area contributed by atoms with Gasteiger partial charge in [0.1, 0.15) is 5.51 Å². The monoisotopic (exact) mass is 409 g/mol. The molecule has 0 bridgehead atoms. The summed E-state index contributed by atoms with van der Waals surface area (Å²) in [6.45, 7) is 2.85. The van der Waals surface area contributed by atoms with Crippen molar-refractivity contribution in [3.8, 4) is 0 Å². The lowest BCUT2D eigenvalue weighted by Crippen LogP contribution is -2.50. The molecule has 0 spiro atoms.